The molecule has 1 aromatic carbocycles. The van der Waals surface area contributed by atoms with Crippen LogP contribution in [0.5, 0.6) is 5.75 Å². The number of aryl methyl sites for hydroxylation is 1. The Morgan fingerprint density at radius 1 is 1.26 bits per heavy atom. The highest BCUT2D eigenvalue weighted by molar-refractivity contribution is 5.28. The van der Waals surface area contributed by atoms with Crippen LogP contribution in [0, 0.1) is 6.92 Å². The third kappa shape index (κ3) is 3.54. The minimum absolute atomic E-state index is 0.641. The maximum Gasteiger partial charge on any atom is 0.153 e. The van der Waals surface area contributed by atoms with E-state index in [9.17, 15) is 0 Å². The summed E-state index contributed by atoms with van der Waals surface area (Å²) in [5.74, 6) is 2.59. The third-order valence-electron chi connectivity index (χ3n) is 2.90. The van der Waals surface area contributed by atoms with E-state index in [1.54, 1.807) is 14.2 Å². The molecule has 0 aliphatic rings. The van der Waals surface area contributed by atoms with Gasteiger partial charge in [0.1, 0.15) is 11.6 Å². The molecule has 0 amide bonds. The lowest BCUT2D eigenvalue weighted by molar-refractivity contribution is 0.200. The van der Waals surface area contributed by atoms with E-state index in [2.05, 4.69) is 16.1 Å². The molecule has 0 atom stereocenters. The summed E-state index contributed by atoms with van der Waals surface area (Å²) in [7, 11) is 3.35. The number of rotatable bonds is 6. The molecule has 0 bridgehead atoms. The zero-order valence-corrected chi connectivity index (χ0v) is 11.6. The number of hydrogen-bond donors (Lipinski definition) is 0. The summed E-state index contributed by atoms with van der Waals surface area (Å²) in [6.45, 7) is 3.30. The molecule has 5 heteroatoms. The molecular formula is C14H19N3O2. The molecule has 0 spiro atoms. The first kappa shape index (κ1) is 13.5. The van der Waals surface area contributed by atoms with Crippen molar-refractivity contribution < 1.29 is 9.47 Å². The van der Waals surface area contributed by atoms with E-state index in [-0.39, 0.29) is 0 Å². The van der Waals surface area contributed by atoms with Gasteiger partial charge in [-0.15, -0.1) is 0 Å². The summed E-state index contributed by atoms with van der Waals surface area (Å²) in [5.41, 5.74) is 1.14. The molecule has 0 fully saturated rings. The van der Waals surface area contributed by atoms with Gasteiger partial charge in [0.2, 0.25) is 0 Å². The van der Waals surface area contributed by atoms with Crippen molar-refractivity contribution in [1.29, 1.82) is 0 Å². The molecule has 0 aliphatic carbocycles. The molecule has 0 saturated heterocycles. The zero-order chi connectivity index (χ0) is 13.7. The van der Waals surface area contributed by atoms with Crippen LogP contribution in [-0.2, 0) is 17.7 Å². The first-order chi connectivity index (χ1) is 9.22. The SMILES string of the molecule is COCCc1nc(C)n(Cc2cccc(OC)c2)n1. The van der Waals surface area contributed by atoms with Gasteiger partial charge in [-0.05, 0) is 24.6 Å². The highest BCUT2D eigenvalue weighted by Gasteiger charge is 2.07. The lowest BCUT2D eigenvalue weighted by atomic mass is 10.2. The number of ether oxygens (including phenoxy) is 2. The Balaban J connectivity index is 2.11. The van der Waals surface area contributed by atoms with Crippen molar-refractivity contribution in [3.8, 4) is 5.75 Å². The first-order valence-corrected chi connectivity index (χ1v) is 6.25. The zero-order valence-electron chi connectivity index (χ0n) is 11.6. The van der Waals surface area contributed by atoms with Crippen molar-refractivity contribution in [3.05, 3.63) is 41.5 Å². The summed E-state index contributed by atoms with van der Waals surface area (Å²) in [5, 5.41) is 4.48. The Labute approximate surface area is 113 Å². The van der Waals surface area contributed by atoms with E-state index in [0.717, 1.165) is 29.4 Å². The Bertz CT molecular complexity index is 537. The standard InChI is InChI=1S/C14H19N3O2/c1-11-15-14(7-8-18-2)16-17(11)10-12-5-4-6-13(9-12)19-3/h4-6,9H,7-8,10H2,1-3H3. The average molecular weight is 261 g/mol. The predicted molar refractivity (Wildman–Crippen MR) is 72.4 cm³/mol. The fourth-order valence-electron chi connectivity index (χ4n) is 1.87. The summed E-state index contributed by atoms with van der Waals surface area (Å²) in [6.07, 6.45) is 0.739. The van der Waals surface area contributed by atoms with Crippen LogP contribution in [0.3, 0.4) is 0 Å². The van der Waals surface area contributed by atoms with Gasteiger partial charge >= 0.3 is 0 Å². The second kappa shape index (κ2) is 6.33. The molecule has 19 heavy (non-hydrogen) atoms. The van der Waals surface area contributed by atoms with Crippen LogP contribution in [0.2, 0.25) is 0 Å². The van der Waals surface area contributed by atoms with Crippen molar-refractivity contribution in [2.24, 2.45) is 0 Å². The van der Waals surface area contributed by atoms with E-state index in [1.165, 1.54) is 0 Å². The largest absolute Gasteiger partial charge is 0.497 e. The van der Waals surface area contributed by atoms with Gasteiger partial charge in [0, 0.05) is 13.5 Å². The fraction of sp³-hybridized carbons (Fsp3) is 0.429. The first-order valence-electron chi connectivity index (χ1n) is 6.25. The monoisotopic (exact) mass is 261 g/mol. The second-order valence-corrected chi connectivity index (χ2v) is 4.33. The number of aromatic nitrogens is 3. The van der Waals surface area contributed by atoms with Crippen LogP contribution in [0.1, 0.15) is 17.2 Å². The average Bonchev–Trinajstić information content (AvgIpc) is 2.77. The number of hydrogen-bond acceptors (Lipinski definition) is 4. The molecule has 0 saturated carbocycles. The minimum atomic E-state index is 0.641. The van der Waals surface area contributed by atoms with Gasteiger partial charge in [-0.25, -0.2) is 9.67 Å². The van der Waals surface area contributed by atoms with Crippen LogP contribution in [-0.4, -0.2) is 35.6 Å². The van der Waals surface area contributed by atoms with Crippen LogP contribution >= 0.6 is 0 Å². The minimum Gasteiger partial charge on any atom is -0.497 e. The molecular weight excluding hydrogens is 242 g/mol. The summed E-state index contributed by atoms with van der Waals surface area (Å²) < 4.78 is 12.2. The van der Waals surface area contributed by atoms with Crippen molar-refractivity contribution >= 4 is 0 Å². The summed E-state index contributed by atoms with van der Waals surface area (Å²) in [6, 6.07) is 7.97. The van der Waals surface area contributed by atoms with Gasteiger partial charge in [0.05, 0.1) is 20.3 Å². The molecule has 0 unspecified atom stereocenters. The van der Waals surface area contributed by atoms with Crippen molar-refractivity contribution in [2.45, 2.75) is 19.9 Å². The molecule has 0 aliphatic heterocycles. The molecule has 1 heterocycles. The molecule has 5 nitrogen and oxygen atoms in total. The van der Waals surface area contributed by atoms with Gasteiger partial charge in [-0.3, -0.25) is 0 Å². The molecule has 0 N–H and O–H groups in total. The van der Waals surface area contributed by atoms with Gasteiger partial charge < -0.3 is 9.47 Å². The van der Waals surface area contributed by atoms with Crippen molar-refractivity contribution in [2.75, 3.05) is 20.8 Å². The number of nitrogens with zero attached hydrogens (tertiary/aromatic N) is 3. The highest BCUT2D eigenvalue weighted by atomic mass is 16.5. The smallest absolute Gasteiger partial charge is 0.153 e. The van der Waals surface area contributed by atoms with Crippen LogP contribution in [0.25, 0.3) is 0 Å². The van der Waals surface area contributed by atoms with Crippen LogP contribution in [0.15, 0.2) is 24.3 Å². The Hall–Kier alpha value is -1.88. The second-order valence-electron chi connectivity index (χ2n) is 4.33. The van der Waals surface area contributed by atoms with Gasteiger partial charge in [0.15, 0.2) is 5.82 Å². The quantitative estimate of drug-likeness (QED) is 0.796. The molecule has 102 valence electrons. The van der Waals surface area contributed by atoms with E-state index >= 15 is 0 Å². The maximum absolute atomic E-state index is 5.22. The topological polar surface area (TPSA) is 49.2 Å². The fourth-order valence-corrected chi connectivity index (χ4v) is 1.87. The van der Waals surface area contributed by atoms with E-state index < -0.39 is 0 Å². The maximum atomic E-state index is 5.22. The molecule has 2 aromatic rings. The molecule has 1 aromatic heterocycles. The van der Waals surface area contributed by atoms with Gasteiger partial charge in [-0.2, -0.15) is 5.10 Å². The van der Waals surface area contributed by atoms with Crippen LogP contribution in [0.4, 0.5) is 0 Å². The lowest BCUT2D eigenvalue weighted by Gasteiger charge is -2.05. The van der Waals surface area contributed by atoms with Crippen LogP contribution < -0.4 is 4.74 Å². The van der Waals surface area contributed by atoms with Crippen molar-refractivity contribution in [1.82, 2.24) is 14.8 Å². The number of benzene rings is 1. The normalized spacial score (nSPS) is 10.7. The Morgan fingerprint density at radius 3 is 2.84 bits per heavy atom. The lowest BCUT2D eigenvalue weighted by Crippen LogP contribution is -2.05. The van der Waals surface area contributed by atoms with Gasteiger partial charge in [0.25, 0.3) is 0 Å². The summed E-state index contributed by atoms with van der Waals surface area (Å²) >= 11 is 0. The Morgan fingerprint density at radius 2 is 2.11 bits per heavy atom. The third-order valence-corrected chi connectivity index (χ3v) is 2.90. The Kier molecular flexibility index (Phi) is 4.52. The number of methoxy groups -OCH3 is 2. The van der Waals surface area contributed by atoms with Crippen molar-refractivity contribution in [3.63, 3.8) is 0 Å². The van der Waals surface area contributed by atoms with E-state index in [1.807, 2.05) is 29.8 Å². The summed E-state index contributed by atoms with van der Waals surface area (Å²) in [4.78, 5) is 4.43. The predicted octanol–water partition coefficient (Wildman–Crippen LogP) is 1.83. The van der Waals surface area contributed by atoms with E-state index in [4.69, 9.17) is 9.47 Å². The molecule has 2 rings (SSSR count). The molecule has 0 radical (unpaired) electrons. The van der Waals surface area contributed by atoms with Gasteiger partial charge in [-0.1, -0.05) is 12.1 Å². The highest BCUT2D eigenvalue weighted by Crippen LogP contribution is 2.14. The van der Waals surface area contributed by atoms with E-state index in [0.29, 0.717) is 13.2 Å².